The molecule has 1 nitrogen and oxygen atoms in total. The Hall–Kier alpha value is -0.300. The molecule has 0 aliphatic carbocycles. The summed E-state index contributed by atoms with van der Waals surface area (Å²) in [6.45, 7) is 11.9. The van der Waals surface area contributed by atoms with Gasteiger partial charge in [0.2, 0.25) is 0 Å². The maximum absolute atomic E-state index is 4.11. The first-order valence-electron chi connectivity index (χ1n) is 7.14. The molecule has 0 amide bonds. The summed E-state index contributed by atoms with van der Waals surface area (Å²) in [7, 11) is 0. The van der Waals surface area contributed by atoms with Crippen LogP contribution in [0.2, 0.25) is 0 Å². The molecule has 1 atom stereocenters. The molecule has 0 saturated heterocycles. The van der Waals surface area contributed by atoms with E-state index in [1.54, 1.807) is 0 Å². The Morgan fingerprint density at radius 2 is 1.75 bits per heavy atom. The van der Waals surface area contributed by atoms with Crippen molar-refractivity contribution in [3.8, 4) is 0 Å². The zero-order valence-corrected chi connectivity index (χ0v) is 11.6. The van der Waals surface area contributed by atoms with Gasteiger partial charge in [-0.3, -0.25) is 0 Å². The molecule has 1 unspecified atom stereocenters. The van der Waals surface area contributed by atoms with Crippen molar-refractivity contribution in [1.82, 2.24) is 5.32 Å². The van der Waals surface area contributed by atoms with Crippen LogP contribution in [0.4, 0.5) is 0 Å². The minimum Gasteiger partial charge on any atom is -0.314 e. The van der Waals surface area contributed by atoms with Crippen LogP contribution in [0.25, 0.3) is 0 Å². The van der Waals surface area contributed by atoms with Gasteiger partial charge in [-0.15, -0.1) is 0 Å². The summed E-state index contributed by atoms with van der Waals surface area (Å²) in [6, 6.07) is 0.666. The Labute approximate surface area is 103 Å². The Balaban J connectivity index is 3.63. The van der Waals surface area contributed by atoms with Crippen LogP contribution in [0.1, 0.15) is 72.1 Å². The maximum Gasteiger partial charge on any atom is 0.0104 e. The van der Waals surface area contributed by atoms with E-state index in [9.17, 15) is 0 Å². The largest absolute Gasteiger partial charge is 0.314 e. The van der Waals surface area contributed by atoms with Gasteiger partial charge in [0.05, 0.1) is 0 Å². The van der Waals surface area contributed by atoms with Crippen molar-refractivity contribution in [3.05, 3.63) is 12.2 Å². The van der Waals surface area contributed by atoms with E-state index in [2.05, 4.69) is 32.7 Å². The molecule has 0 fully saturated rings. The van der Waals surface area contributed by atoms with E-state index in [1.807, 2.05) is 0 Å². The van der Waals surface area contributed by atoms with E-state index in [1.165, 1.54) is 44.1 Å². The average Bonchev–Trinajstić information content (AvgIpc) is 2.28. The Bertz CT molecular complexity index is 163. The number of unbranched alkanes of at least 4 members (excludes halogenated alkanes) is 4. The average molecular weight is 225 g/mol. The van der Waals surface area contributed by atoms with Gasteiger partial charge in [0.25, 0.3) is 0 Å². The molecule has 0 spiro atoms. The predicted molar refractivity (Wildman–Crippen MR) is 74.9 cm³/mol. The summed E-state index contributed by atoms with van der Waals surface area (Å²) < 4.78 is 0. The lowest BCUT2D eigenvalue weighted by molar-refractivity contribution is 0.457. The van der Waals surface area contributed by atoms with E-state index >= 15 is 0 Å². The molecule has 0 saturated carbocycles. The van der Waals surface area contributed by atoms with E-state index in [-0.39, 0.29) is 0 Å². The second kappa shape index (κ2) is 11.2. The molecule has 0 aromatic rings. The topological polar surface area (TPSA) is 12.0 Å². The summed E-state index contributed by atoms with van der Waals surface area (Å²) in [6.07, 6.45) is 10.5. The van der Waals surface area contributed by atoms with Gasteiger partial charge in [0, 0.05) is 6.04 Å². The van der Waals surface area contributed by atoms with Gasteiger partial charge in [-0.1, -0.05) is 65.0 Å². The molecule has 0 aliphatic heterocycles. The van der Waals surface area contributed by atoms with E-state index in [0.29, 0.717) is 6.04 Å². The highest BCUT2D eigenvalue weighted by Gasteiger charge is 2.07. The van der Waals surface area contributed by atoms with Gasteiger partial charge in [0.1, 0.15) is 0 Å². The highest BCUT2D eigenvalue weighted by Crippen LogP contribution is 2.14. The van der Waals surface area contributed by atoms with Crippen LogP contribution in [0, 0.1) is 0 Å². The summed E-state index contributed by atoms with van der Waals surface area (Å²) in [5.41, 5.74) is 1.39. The van der Waals surface area contributed by atoms with Crippen LogP contribution in [-0.4, -0.2) is 12.6 Å². The predicted octanol–water partition coefficient (Wildman–Crippen LogP) is 4.68. The Morgan fingerprint density at radius 3 is 2.31 bits per heavy atom. The molecule has 16 heavy (non-hydrogen) atoms. The van der Waals surface area contributed by atoms with Crippen molar-refractivity contribution >= 4 is 0 Å². The molecule has 96 valence electrons. The lowest BCUT2D eigenvalue weighted by Crippen LogP contribution is -2.29. The number of hydrogen-bond donors (Lipinski definition) is 1. The van der Waals surface area contributed by atoms with E-state index in [4.69, 9.17) is 0 Å². The Morgan fingerprint density at radius 1 is 1.06 bits per heavy atom. The molecule has 1 heteroatoms. The molecule has 0 aliphatic rings. The summed E-state index contributed by atoms with van der Waals surface area (Å²) in [5.74, 6) is 0. The van der Waals surface area contributed by atoms with Gasteiger partial charge in [-0.2, -0.15) is 0 Å². The highest BCUT2D eigenvalue weighted by atomic mass is 14.9. The summed E-state index contributed by atoms with van der Waals surface area (Å²) in [5, 5.41) is 3.58. The van der Waals surface area contributed by atoms with Crippen molar-refractivity contribution in [2.45, 2.75) is 78.2 Å². The third-order valence-corrected chi connectivity index (χ3v) is 3.18. The first-order chi connectivity index (χ1) is 7.74. The normalized spacial score (nSPS) is 12.7. The first-order valence-corrected chi connectivity index (χ1v) is 7.14. The van der Waals surface area contributed by atoms with Gasteiger partial charge in [0.15, 0.2) is 0 Å². The monoisotopic (exact) mass is 225 g/mol. The van der Waals surface area contributed by atoms with Crippen molar-refractivity contribution in [2.24, 2.45) is 0 Å². The first kappa shape index (κ1) is 15.7. The van der Waals surface area contributed by atoms with Crippen molar-refractivity contribution in [2.75, 3.05) is 6.54 Å². The fourth-order valence-electron chi connectivity index (χ4n) is 2.05. The molecule has 0 aromatic carbocycles. The lowest BCUT2D eigenvalue weighted by atomic mass is 9.99. The van der Waals surface area contributed by atoms with Crippen molar-refractivity contribution in [3.63, 3.8) is 0 Å². The minimum absolute atomic E-state index is 0.666. The fraction of sp³-hybridized carbons (Fsp3) is 0.867. The van der Waals surface area contributed by atoms with Crippen LogP contribution in [0.15, 0.2) is 12.2 Å². The van der Waals surface area contributed by atoms with Gasteiger partial charge >= 0.3 is 0 Å². The zero-order valence-electron chi connectivity index (χ0n) is 11.6. The minimum atomic E-state index is 0.666. The molecule has 0 aromatic heterocycles. The third kappa shape index (κ3) is 8.96. The molecule has 0 radical (unpaired) electrons. The molecule has 0 rings (SSSR count). The summed E-state index contributed by atoms with van der Waals surface area (Å²) >= 11 is 0. The second-order valence-electron chi connectivity index (χ2n) is 4.77. The molecular weight excluding hydrogens is 194 g/mol. The van der Waals surface area contributed by atoms with Crippen LogP contribution >= 0.6 is 0 Å². The van der Waals surface area contributed by atoms with Gasteiger partial charge in [-0.25, -0.2) is 0 Å². The van der Waals surface area contributed by atoms with Gasteiger partial charge < -0.3 is 5.32 Å². The number of rotatable bonds is 11. The van der Waals surface area contributed by atoms with E-state index in [0.717, 1.165) is 19.4 Å². The molecule has 0 heterocycles. The summed E-state index contributed by atoms with van der Waals surface area (Å²) in [4.78, 5) is 0. The second-order valence-corrected chi connectivity index (χ2v) is 4.77. The van der Waals surface area contributed by atoms with E-state index < -0.39 is 0 Å². The van der Waals surface area contributed by atoms with Gasteiger partial charge in [-0.05, 0) is 25.8 Å². The maximum atomic E-state index is 4.11. The van der Waals surface area contributed by atoms with Crippen molar-refractivity contribution in [1.29, 1.82) is 0 Å². The number of hydrogen-bond acceptors (Lipinski definition) is 1. The number of nitrogens with one attached hydrogen (secondary N) is 1. The van der Waals surface area contributed by atoms with Crippen LogP contribution in [0.5, 0.6) is 0 Å². The lowest BCUT2D eigenvalue weighted by Gasteiger charge is -2.18. The Kier molecular flexibility index (Phi) is 11.0. The van der Waals surface area contributed by atoms with Crippen LogP contribution in [0.3, 0.4) is 0 Å². The van der Waals surface area contributed by atoms with Crippen LogP contribution in [-0.2, 0) is 0 Å². The fourth-order valence-corrected chi connectivity index (χ4v) is 2.05. The smallest absolute Gasteiger partial charge is 0.0104 e. The third-order valence-electron chi connectivity index (χ3n) is 3.18. The highest BCUT2D eigenvalue weighted by molar-refractivity contribution is 4.96. The standard InChI is InChI=1S/C15H31N/c1-5-8-9-10-11-12-15(16-7-3)13-14(4)6-2/h15-16H,4-13H2,1-3H3. The SMILES string of the molecule is C=C(CC)CC(CCCCCCC)NCC. The van der Waals surface area contributed by atoms with Crippen LogP contribution < -0.4 is 5.32 Å². The molecule has 1 N–H and O–H groups in total. The molecule has 0 bridgehead atoms. The van der Waals surface area contributed by atoms with Crippen molar-refractivity contribution < 1.29 is 0 Å². The molecular formula is C15H31N. The zero-order chi connectivity index (χ0) is 12.2. The quantitative estimate of drug-likeness (QED) is 0.397.